The predicted molar refractivity (Wildman–Crippen MR) is 194 cm³/mol. The van der Waals surface area contributed by atoms with Gasteiger partial charge < -0.3 is 19.1 Å². The Labute approximate surface area is 292 Å². The van der Waals surface area contributed by atoms with Crippen LogP contribution >= 0.6 is 11.3 Å². The number of rotatable bonds is 13. The summed E-state index contributed by atoms with van der Waals surface area (Å²) in [6.07, 6.45) is 6.09. The molecule has 0 N–H and O–H groups in total. The van der Waals surface area contributed by atoms with Crippen molar-refractivity contribution in [3.05, 3.63) is 135 Å². The van der Waals surface area contributed by atoms with Crippen molar-refractivity contribution in [1.29, 1.82) is 0 Å². The minimum absolute atomic E-state index is 0.0359. The first-order valence-corrected chi connectivity index (χ1v) is 17.5. The molecule has 0 spiro atoms. The topological polar surface area (TPSA) is 77.0 Å². The van der Waals surface area contributed by atoms with E-state index in [1.54, 1.807) is 35.2 Å². The van der Waals surface area contributed by atoms with E-state index in [0.717, 1.165) is 59.9 Å². The smallest absolute Gasteiger partial charge is 0.246 e. The van der Waals surface area contributed by atoms with Gasteiger partial charge >= 0.3 is 0 Å². The van der Waals surface area contributed by atoms with Crippen LogP contribution in [0.5, 0.6) is 23.1 Å². The van der Waals surface area contributed by atoms with Gasteiger partial charge in [0.05, 0.1) is 24.0 Å². The molecule has 3 aromatic carbocycles. The van der Waals surface area contributed by atoms with Crippen LogP contribution in [0.15, 0.2) is 96.0 Å². The molecule has 2 aromatic heterocycles. The van der Waals surface area contributed by atoms with Gasteiger partial charge in [0.2, 0.25) is 11.8 Å². The van der Waals surface area contributed by atoms with E-state index in [2.05, 4.69) is 58.2 Å². The molecule has 252 valence electrons. The molecule has 0 saturated carbocycles. The quantitative estimate of drug-likeness (QED) is 0.118. The Morgan fingerprint density at radius 3 is 2.22 bits per heavy atom. The number of carbonyl (C=O) groups excluding carboxylic acids is 1. The maximum atomic E-state index is 13.0. The lowest BCUT2D eigenvalue weighted by molar-refractivity contribution is -0.127. The van der Waals surface area contributed by atoms with Crippen molar-refractivity contribution >= 4 is 23.3 Å². The van der Waals surface area contributed by atoms with Crippen LogP contribution in [0.25, 0.3) is 6.08 Å². The molecule has 0 bridgehead atoms. The summed E-state index contributed by atoms with van der Waals surface area (Å²) < 4.78 is 17.8. The highest BCUT2D eigenvalue weighted by molar-refractivity contribution is 7.07. The zero-order valence-electron chi connectivity index (χ0n) is 28.3. The van der Waals surface area contributed by atoms with Gasteiger partial charge in [-0.2, -0.15) is 0 Å². The number of nitrogens with zero attached hydrogens (tertiary/aromatic N) is 4. The molecule has 1 saturated heterocycles. The fraction of sp³-hybridized carbons (Fsp3) is 0.275. The maximum absolute atomic E-state index is 13.0. The highest BCUT2D eigenvalue weighted by Crippen LogP contribution is 2.30. The van der Waals surface area contributed by atoms with Gasteiger partial charge in [0.25, 0.3) is 0 Å². The summed E-state index contributed by atoms with van der Waals surface area (Å²) in [5.41, 5.74) is 9.35. The van der Waals surface area contributed by atoms with E-state index in [1.807, 2.05) is 60.5 Å². The molecule has 0 aliphatic carbocycles. The summed E-state index contributed by atoms with van der Waals surface area (Å²) in [6, 6.07) is 24.6. The molecular formula is C40H42N4O4S. The van der Waals surface area contributed by atoms with Crippen LogP contribution in [0.1, 0.15) is 39.1 Å². The second-order valence-corrected chi connectivity index (χ2v) is 13.1. The molecule has 0 atom stereocenters. The van der Waals surface area contributed by atoms with Crippen LogP contribution in [0.3, 0.4) is 0 Å². The van der Waals surface area contributed by atoms with Gasteiger partial charge in [0.1, 0.15) is 23.9 Å². The van der Waals surface area contributed by atoms with Crippen LogP contribution < -0.4 is 14.2 Å². The molecule has 5 aromatic rings. The number of amides is 1. The molecule has 1 amide bonds. The number of aryl methyl sites for hydroxylation is 3. The number of hydrogen-bond donors (Lipinski definition) is 0. The number of ether oxygens (including phenoxy) is 3. The van der Waals surface area contributed by atoms with Crippen LogP contribution in [0.4, 0.5) is 0 Å². The molecule has 3 heterocycles. The van der Waals surface area contributed by atoms with Crippen molar-refractivity contribution in [3.63, 3.8) is 0 Å². The molecule has 1 aliphatic heterocycles. The minimum atomic E-state index is 0.0359. The van der Waals surface area contributed by atoms with Gasteiger partial charge in [-0.15, -0.1) is 11.3 Å². The van der Waals surface area contributed by atoms with E-state index in [4.69, 9.17) is 14.2 Å². The number of hydrogen-bond acceptors (Lipinski definition) is 8. The van der Waals surface area contributed by atoms with Gasteiger partial charge in [0.15, 0.2) is 0 Å². The molecule has 0 radical (unpaired) electrons. The number of carbonyl (C=O) groups is 1. The molecule has 49 heavy (non-hydrogen) atoms. The third-order valence-corrected chi connectivity index (χ3v) is 9.12. The summed E-state index contributed by atoms with van der Waals surface area (Å²) in [7, 11) is 0. The molecule has 1 fully saturated rings. The lowest BCUT2D eigenvalue weighted by Gasteiger charge is -2.34. The van der Waals surface area contributed by atoms with Crippen molar-refractivity contribution in [3.8, 4) is 23.1 Å². The van der Waals surface area contributed by atoms with Crippen molar-refractivity contribution in [1.82, 2.24) is 19.8 Å². The van der Waals surface area contributed by atoms with Gasteiger partial charge in [-0.1, -0.05) is 42.0 Å². The Morgan fingerprint density at radius 2 is 1.55 bits per heavy atom. The zero-order valence-corrected chi connectivity index (χ0v) is 29.1. The highest BCUT2D eigenvalue weighted by atomic mass is 32.1. The predicted octanol–water partition coefficient (Wildman–Crippen LogP) is 7.81. The van der Waals surface area contributed by atoms with Gasteiger partial charge in [-0.05, 0) is 85.0 Å². The SMILES string of the molecule is Cc1ccc(OCCc2ccc(CN3CCN(C(=O)C=Cc4cc(C)c(Oc5ccc(OCc6cscn6)cn5)c(C)c4)CC3)cc2)cc1. The highest BCUT2D eigenvalue weighted by Gasteiger charge is 2.20. The van der Waals surface area contributed by atoms with E-state index in [-0.39, 0.29) is 5.91 Å². The van der Waals surface area contributed by atoms with Crippen LogP contribution in [0.2, 0.25) is 0 Å². The average Bonchev–Trinajstić information content (AvgIpc) is 3.64. The fourth-order valence-corrected chi connectivity index (χ4v) is 6.26. The van der Waals surface area contributed by atoms with Gasteiger partial charge in [-0.3, -0.25) is 9.69 Å². The van der Waals surface area contributed by atoms with Crippen molar-refractivity contribution in [2.24, 2.45) is 0 Å². The maximum Gasteiger partial charge on any atom is 0.246 e. The lowest BCUT2D eigenvalue weighted by atomic mass is 10.1. The Hall–Kier alpha value is -4.99. The number of thiazole rings is 1. The van der Waals surface area contributed by atoms with Crippen molar-refractivity contribution in [2.45, 2.75) is 40.3 Å². The second-order valence-electron chi connectivity index (χ2n) is 12.3. The molecule has 1 aliphatic rings. The Balaban J connectivity index is 0.933. The average molecular weight is 675 g/mol. The first-order chi connectivity index (χ1) is 23.9. The summed E-state index contributed by atoms with van der Waals surface area (Å²) in [5.74, 6) is 2.84. The van der Waals surface area contributed by atoms with E-state index >= 15 is 0 Å². The lowest BCUT2D eigenvalue weighted by Crippen LogP contribution is -2.47. The van der Waals surface area contributed by atoms with E-state index in [0.29, 0.717) is 37.9 Å². The Bertz CT molecular complexity index is 1810. The van der Waals surface area contributed by atoms with E-state index in [9.17, 15) is 4.79 Å². The normalized spacial score (nSPS) is 13.5. The third-order valence-electron chi connectivity index (χ3n) is 8.48. The summed E-state index contributed by atoms with van der Waals surface area (Å²) >= 11 is 1.54. The molecule has 8 nitrogen and oxygen atoms in total. The number of pyridine rings is 1. The largest absolute Gasteiger partial charge is 0.493 e. The monoisotopic (exact) mass is 674 g/mol. The molecular weight excluding hydrogens is 633 g/mol. The van der Waals surface area contributed by atoms with Crippen LogP contribution in [-0.2, 0) is 24.4 Å². The standard InChI is InChI=1S/C40H42N4O4S/c1-29-4-11-36(12-5-29)46-21-16-32-6-8-33(9-7-32)25-43-17-19-44(20-18-43)39(45)15-10-34-22-30(2)40(31(3)23-34)48-38-14-13-37(24-41-38)47-26-35-27-49-28-42-35/h4-15,22-24,27-28H,16-21,25-26H2,1-3H3. The van der Waals surface area contributed by atoms with Crippen LogP contribution in [-0.4, -0.2) is 58.5 Å². The van der Waals surface area contributed by atoms with Crippen molar-refractivity contribution in [2.75, 3.05) is 32.8 Å². The van der Waals surface area contributed by atoms with E-state index in [1.165, 1.54) is 16.7 Å². The molecule has 9 heteroatoms. The molecule has 6 rings (SSSR count). The first kappa shape index (κ1) is 33.9. The summed E-state index contributed by atoms with van der Waals surface area (Å²) in [5, 5.41) is 1.96. The Kier molecular flexibility index (Phi) is 11.4. The van der Waals surface area contributed by atoms with Gasteiger partial charge in [0, 0.05) is 56.7 Å². The van der Waals surface area contributed by atoms with Crippen molar-refractivity contribution < 1.29 is 19.0 Å². The Morgan fingerprint density at radius 1 is 0.837 bits per heavy atom. The number of benzene rings is 3. The minimum Gasteiger partial charge on any atom is -0.493 e. The number of piperazine rings is 1. The van der Waals surface area contributed by atoms with E-state index < -0.39 is 0 Å². The fourth-order valence-electron chi connectivity index (χ4n) is 5.71. The second kappa shape index (κ2) is 16.4. The first-order valence-electron chi connectivity index (χ1n) is 16.6. The van der Waals surface area contributed by atoms with Crippen LogP contribution in [0, 0.1) is 20.8 Å². The summed E-state index contributed by atoms with van der Waals surface area (Å²) in [4.78, 5) is 26.0. The zero-order chi connectivity index (χ0) is 34.0. The molecule has 0 unspecified atom stereocenters. The van der Waals surface area contributed by atoms with Gasteiger partial charge in [-0.25, -0.2) is 9.97 Å². The number of aromatic nitrogens is 2. The third kappa shape index (κ3) is 9.78. The summed E-state index contributed by atoms with van der Waals surface area (Å²) in [6.45, 7) is 11.1.